The van der Waals surface area contributed by atoms with Crippen molar-refractivity contribution in [3.63, 3.8) is 0 Å². The molecule has 1 unspecified atom stereocenters. The van der Waals surface area contributed by atoms with Gasteiger partial charge in [-0.3, -0.25) is 19.2 Å². The molecule has 4 rings (SSSR count). The van der Waals surface area contributed by atoms with Crippen molar-refractivity contribution in [2.75, 3.05) is 10.2 Å². The normalized spacial score (nSPS) is 18.5. The van der Waals surface area contributed by atoms with Gasteiger partial charge in [0, 0.05) is 18.7 Å². The number of anilines is 2. The third kappa shape index (κ3) is 3.68. The number of rotatable bonds is 5. The number of hydrogen-bond acceptors (Lipinski definition) is 4. The number of amides is 4. The van der Waals surface area contributed by atoms with E-state index in [4.69, 9.17) is 0 Å². The van der Waals surface area contributed by atoms with Gasteiger partial charge in [0.1, 0.15) is 11.9 Å². The zero-order valence-corrected chi connectivity index (χ0v) is 16.3. The molecule has 8 heteroatoms. The number of nitrogens with one attached hydrogen (secondary N) is 1. The Morgan fingerprint density at radius 3 is 2.33 bits per heavy atom. The van der Waals surface area contributed by atoms with E-state index in [1.54, 1.807) is 30.3 Å². The highest BCUT2D eigenvalue weighted by atomic mass is 19.1. The predicted molar refractivity (Wildman–Crippen MR) is 107 cm³/mol. The molecule has 7 nitrogen and oxygen atoms in total. The van der Waals surface area contributed by atoms with Crippen molar-refractivity contribution in [3.8, 4) is 0 Å². The van der Waals surface area contributed by atoms with Crippen molar-refractivity contribution in [3.05, 3.63) is 59.9 Å². The molecule has 1 aliphatic heterocycles. The molecule has 0 radical (unpaired) electrons. The Kier molecular flexibility index (Phi) is 5.07. The minimum Gasteiger partial charge on any atom is -0.326 e. The highest BCUT2D eigenvalue weighted by molar-refractivity contribution is 6.23. The van der Waals surface area contributed by atoms with Gasteiger partial charge in [0.15, 0.2) is 0 Å². The van der Waals surface area contributed by atoms with Crippen molar-refractivity contribution in [1.82, 2.24) is 4.90 Å². The third-order valence-corrected chi connectivity index (χ3v) is 5.18. The Balaban J connectivity index is 1.60. The van der Waals surface area contributed by atoms with E-state index >= 15 is 0 Å². The van der Waals surface area contributed by atoms with Gasteiger partial charge in [-0.2, -0.15) is 0 Å². The van der Waals surface area contributed by atoms with Crippen LogP contribution in [0.4, 0.5) is 15.8 Å². The van der Waals surface area contributed by atoms with Crippen LogP contribution in [0.25, 0.3) is 0 Å². The van der Waals surface area contributed by atoms with Crippen molar-refractivity contribution in [2.24, 2.45) is 0 Å². The van der Waals surface area contributed by atoms with Gasteiger partial charge in [-0.15, -0.1) is 0 Å². The number of halogens is 1. The predicted octanol–water partition coefficient (Wildman–Crippen LogP) is 2.72. The maximum atomic E-state index is 14.2. The van der Waals surface area contributed by atoms with E-state index in [1.807, 2.05) is 0 Å². The Bertz CT molecular complexity index is 1030. The fourth-order valence-corrected chi connectivity index (χ4v) is 3.69. The monoisotopic (exact) mass is 409 g/mol. The molecule has 1 saturated heterocycles. The van der Waals surface area contributed by atoms with Crippen LogP contribution in [0.2, 0.25) is 0 Å². The minimum atomic E-state index is -0.966. The van der Waals surface area contributed by atoms with Crippen LogP contribution in [-0.2, 0) is 14.4 Å². The first-order valence-electron chi connectivity index (χ1n) is 9.68. The Morgan fingerprint density at radius 2 is 1.73 bits per heavy atom. The van der Waals surface area contributed by atoms with Gasteiger partial charge in [0.2, 0.25) is 11.8 Å². The lowest BCUT2D eigenvalue weighted by Crippen LogP contribution is -2.47. The molecule has 0 aromatic heterocycles. The van der Waals surface area contributed by atoms with E-state index in [2.05, 4.69) is 5.32 Å². The van der Waals surface area contributed by atoms with Gasteiger partial charge in [0.25, 0.3) is 11.8 Å². The summed E-state index contributed by atoms with van der Waals surface area (Å²) in [5.74, 6) is -2.41. The molecular weight excluding hydrogens is 389 g/mol. The average molecular weight is 409 g/mol. The van der Waals surface area contributed by atoms with Crippen LogP contribution in [-0.4, -0.2) is 40.6 Å². The van der Waals surface area contributed by atoms with Gasteiger partial charge in [-0.25, -0.2) is 9.29 Å². The molecule has 4 amide bonds. The first kappa shape index (κ1) is 19.8. The summed E-state index contributed by atoms with van der Waals surface area (Å²) in [6.45, 7) is 1.38. The lowest BCUT2D eigenvalue weighted by atomic mass is 10.1. The van der Waals surface area contributed by atoms with Crippen LogP contribution in [0, 0.1) is 5.82 Å². The summed E-state index contributed by atoms with van der Waals surface area (Å²) in [5, 5.41) is 2.62. The van der Waals surface area contributed by atoms with Crippen molar-refractivity contribution in [1.29, 1.82) is 0 Å². The molecule has 30 heavy (non-hydrogen) atoms. The van der Waals surface area contributed by atoms with Crippen molar-refractivity contribution >= 4 is 35.0 Å². The summed E-state index contributed by atoms with van der Waals surface area (Å²) in [6.07, 6.45) is 1.27. The summed E-state index contributed by atoms with van der Waals surface area (Å²) < 4.78 is 14.2. The second-order valence-corrected chi connectivity index (χ2v) is 7.44. The fourth-order valence-electron chi connectivity index (χ4n) is 3.69. The summed E-state index contributed by atoms with van der Waals surface area (Å²) in [7, 11) is 0. The highest BCUT2D eigenvalue weighted by Crippen LogP contribution is 2.35. The third-order valence-electron chi connectivity index (χ3n) is 5.18. The van der Waals surface area contributed by atoms with Crippen LogP contribution in [0.5, 0.6) is 0 Å². The van der Waals surface area contributed by atoms with E-state index in [1.165, 1.54) is 30.0 Å². The highest BCUT2D eigenvalue weighted by Gasteiger charge is 2.49. The maximum absolute atomic E-state index is 14.2. The number of nitrogens with zero attached hydrogens (tertiary/aromatic N) is 2. The molecule has 2 aliphatic rings. The molecule has 154 valence electrons. The minimum absolute atomic E-state index is 0.109. The summed E-state index contributed by atoms with van der Waals surface area (Å²) >= 11 is 0. The fraction of sp³-hybridized carbons (Fsp3) is 0.273. The Morgan fingerprint density at radius 1 is 1.07 bits per heavy atom. The van der Waals surface area contributed by atoms with Gasteiger partial charge in [0.05, 0.1) is 17.7 Å². The number of imide groups is 1. The molecule has 2 aromatic rings. The molecule has 0 bridgehead atoms. The largest absolute Gasteiger partial charge is 0.326 e. The molecule has 1 atom stereocenters. The lowest BCUT2D eigenvalue weighted by molar-refractivity contribution is -0.122. The molecule has 2 fully saturated rings. The molecular formula is C22H20FN3O4. The molecule has 2 aromatic carbocycles. The van der Waals surface area contributed by atoms with Crippen LogP contribution in [0.3, 0.4) is 0 Å². The number of carbonyl (C=O) groups is 4. The number of benzene rings is 2. The molecule has 1 heterocycles. The molecule has 1 saturated carbocycles. The van der Waals surface area contributed by atoms with Gasteiger partial charge in [-0.1, -0.05) is 12.1 Å². The number of hydrogen-bond donors (Lipinski definition) is 1. The lowest BCUT2D eigenvalue weighted by Gasteiger charge is -2.28. The van der Waals surface area contributed by atoms with Crippen LogP contribution < -0.4 is 10.2 Å². The quantitative estimate of drug-likeness (QED) is 0.770. The first-order chi connectivity index (χ1) is 14.4. The molecule has 1 aliphatic carbocycles. The SMILES string of the molecule is CC(=O)Nc1ccc(N2C(=O)CC(N(C(=O)c3ccccc3F)C3CC3)C2=O)cc1. The van der Waals surface area contributed by atoms with Crippen molar-refractivity contribution < 1.29 is 23.6 Å². The van der Waals surface area contributed by atoms with Crippen LogP contribution >= 0.6 is 0 Å². The first-order valence-corrected chi connectivity index (χ1v) is 9.68. The van der Waals surface area contributed by atoms with E-state index < -0.39 is 29.6 Å². The summed E-state index contributed by atoms with van der Waals surface area (Å²) in [5.41, 5.74) is 0.787. The van der Waals surface area contributed by atoms with Gasteiger partial charge < -0.3 is 10.2 Å². The Hall–Kier alpha value is -3.55. The van der Waals surface area contributed by atoms with E-state index in [9.17, 15) is 23.6 Å². The molecule has 1 N–H and O–H groups in total. The van der Waals surface area contributed by atoms with Crippen LogP contribution in [0.1, 0.15) is 36.5 Å². The van der Waals surface area contributed by atoms with Crippen LogP contribution in [0.15, 0.2) is 48.5 Å². The topological polar surface area (TPSA) is 86.8 Å². The second-order valence-electron chi connectivity index (χ2n) is 7.44. The average Bonchev–Trinajstić information content (AvgIpc) is 3.49. The van der Waals surface area contributed by atoms with E-state index in [-0.39, 0.29) is 23.9 Å². The second kappa shape index (κ2) is 7.70. The zero-order chi connectivity index (χ0) is 21.4. The summed E-state index contributed by atoms with van der Waals surface area (Å²) in [6, 6.07) is 10.8. The standard InChI is InChI=1S/C22H20FN3O4/c1-13(27)24-14-6-8-16(9-7-14)26-20(28)12-19(22(26)30)25(15-10-11-15)21(29)17-4-2-3-5-18(17)23/h2-9,15,19H,10-12H2,1H3,(H,24,27). The smallest absolute Gasteiger partial charge is 0.257 e. The maximum Gasteiger partial charge on any atom is 0.257 e. The van der Waals surface area contributed by atoms with E-state index in [0.717, 1.165) is 4.90 Å². The Labute approximate surface area is 172 Å². The zero-order valence-electron chi connectivity index (χ0n) is 16.3. The summed E-state index contributed by atoms with van der Waals surface area (Å²) in [4.78, 5) is 52.4. The number of carbonyl (C=O) groups excluding carboxylic acids is 4. The van der Waals surface area contributed by atoms with Crippen molar-refractivity contribution in [2.45, 2.75) is 38.3 Å². The van der Waals surface area contributed by atoms with Gasteiger partial charge in [-0.05, 0) is 49.2 Å². The van der Waals surface area contributed by atoms with E-state index in [0.29, 0.717) is 24.2 Å². The molecule has 0 spiro atoms. The van der Waals surface area contributed by atoms with Gasteiger partial charge >= 0.3 is 0 Å².